The van der Waals surface area contributed by atoms with E-state index in [-0.39, 0.29) is 29.7 Å². The molecule has 1 saturated carbocycles. The molecule has 0 aromatic heterocycles. The highest BCUT2D eigenvalue weighted by Crippen LogP contribution is 2.46. The lowest BCUT2D eigenvalue weighted by Gasteiger charge is -2.38. The van der Waals surface area contributed by atoms with Gasteiger partial charge in [-0.3, -0.25) is 9.79 Å². The van der Waals surface area contributed by atoms with Crippen LogP contribution in [0.15, 0.2) is 70.9 Å². The highest BCUT2D eigenvalue weighted by Gasteiger charge is 2.46. The molecule has 1 fully saturated rings. The third kappa shape index (κ3) is 4.25. The topological polar surface area (TPSA) is 55.7 Å². The maximum atomic E-state index is 13.5. The molecule has 0 bridgehead atoms. The largest absolute Gasteiger partial charge is 0.460 e. The maximum absolute atomic E-state index is 13.5. The number of Topliss-reactive ketones (excluding diaryl/α,β-unsaturated/α-hetero) is 1. The number of rotatable bonds is 4. The molecule has 1 aliphatic carbocycles. The van der Waals surface area contributed by atoms with Crippen molar-refractivity contribution in [3.63, 3.8) is 0 Å². The van der Waals surface area contributed by atoms with Crippen molar-refractivity contribution in [1.82, 2.24) is 0 Å². The third-order valence-electron chi connectivity index (χ3n) is 6.22. The Morgan fingerprint density at radius 1 is 0.935 bits per heavy atom. The maximum Gasteiger partial charge on any atom is 0.336 e. The van der Waals surface area contributed by atoms with Gasteiger partial charge in [0.1, 0.15) is 5.78 Å². The molecule has 0 N–H and O–H groups in total. The molecule has 2 aliphatic rings. The molecule has 2 aromatic carbocycles. The lowest BCUT2D eigenvalue weighted by Crippen LogP contribution is -2.41. The van der Waals surface area contributed by atoms with Crippen LogP contribution in [0, 0.1) is 12.8 Å². The lowest BCUT2D eigenvalue weighted by molar-refractivity contribution is -0.143. The SMILES string of the molecule is CC1=C(C(=O)OC(C)C)[C@H](c2ccc(C)cc2)C2C(=O)C[C@@H](c3ccccc3)CC2=N1. The first-order valence-electron chi connectivity index (χ1n) is 11.0. The summed E-state index contributed by atoms with van der Waals surface area (Å²) < 4.78 is 5.56. The molecule has 31 heavy (non-hydrogen) atoms. The van der Waals surface area contributed by atoms with Crippen LogP contribution < -0.4 is 0 Å². The van der Waals surface area contributed by atoms with E-state index in [9.17, 15) is 9.59 Å². The Kier molecular flexibility index (Phi) is 5.90. The van der Waals surface area contributed by atoms with Gasteiger partial charge in [-0.05, 0) is 51.2 Å². The van der Waals surface area contributed by atoms with Gasteiger partial charge >= 0.3 is 5.97 Å². The molecule has 160 valence electrons. The second-order valence-corrected chi connectivity index (χ2v) is 8.90. The second-order valence-electron chi connectivity index (χ2n) is 8.90. The fourth-order valence-corrected chi connectivity index (χ4v) is 4.81. The Labute approximate surface area is 184 Å². The summed E-state index contributed by atoms with van der Waals surface area (Å²) in [6, 6.07) is 18.3. The molecule has 0 spiro atoms. The monoisotopic (exact) mass is 415 g/mol. The van der Waals surface area contributed by atoms with Gasteiger partial charge in [0, 0.05) is 23.7 Å². The molecule has 3 atom stereocenters. The number of nitrogens with zero attached hydrogens (tertiary/aromatic N) is 1. The Morgan fingerprint density at radius 3 is 2.26 bits per heavy atom. The predicted molar refractivity (Wildman–Crippen MR) is 122 cm³/mol. The first kappa shape index (κ1) is 21.2. The summed E-state index contributed by atoms with van der Waals surface area (Å²) in [5.41, 5.74) is 5.32. The third-order valence-corrected chi connectivity index (χ3v) is 6.22. The van der Waals surface area contributed by atoms with Gasteiger partial charge in [-0.2, -0.15) is 0 Å². The molecular formula is C27H29NO3. The van der Waals surface area contributed by atoms with Crippen LogP contribution >= 0.6 is 0 Å². The molecule has 2 aromatic rings. The second kappa shape index (κ2) is 8.62. The number of fused-ring (bicyclic) bond motifs is 1. The molecule has 0 saturated heterocycles. The average Bonchev–Trinajstić information content (AvgIpc) is 2.73. The van der Waals surface area contributed by atoms with E-state index in [0.717, 1.165) is 28.8 Å². The molecular weight excluding hydrogens is 386 g/mol. The van der Waals surface area contributed by atoms with Crippen LogP contribution in [0.2, 0.25) is 0 Å². The first-order valence-corrected chi connectivity index (χ1v) is 11.0. The van der Waals surface area contributed by atoms with E-state index in [1.807, 2.05) is 70.2 Å². The van der Waals surface area contributed by atoms with Crippen molar-refractivity contribution in [3.05, 3.63) is 82.6 Å². The van der Waals surface area contributed by atoms with E-state index in [1.54, 1.807) is 0 Å². The van der Waals surface area contributed by atoms with Gasteiger partial charge in [-0.1, -0.05) is 60.2 Å². The highest BCUT2D eigenvalue weighted by molar-refractivity contribution is 6.12. The lowest BCUT2D eigenvalue weighted by atomic mass is 9.66. The van der Waals surface area contributed by atoms with Gasteiger partial charge < -0.3 is 4.74 Å². The van der Waals surface area contributed by atoms with Crippen LogP contribution in [0.25, 0.3) is 0 Å². The quantitative estimate of drug-likeness (QED) is 0.618. The average molecular weight is 416 g/mol. The fraction of sp³-hybridized carbons (Fsp3) is 0.370. The van der Waals surface area contributed by atoms with Gasteiger partial charge in [0.05, 0.1) is 17.6 Å². The van der Waals surface area contributed by atoms with Crippen molar-refractivity contribution >= 4 is 17.5 Å². The number of carbonyl (C=O) groups excluding carboxylic acids is 2. The van der Waals surface area contributed by atoms with E-state index >= 15 is 0 Å². The van der Waals surface area contributed by atoms with E-state index in [1.165, 1.54) is 0 Å². The van der Waals surface area contributed by atoms with Crippen molar-refractivity contribution in [2.45, 2.75) is 58.5 Å². The van der Waals surface area contributed by atoms with Crippen LogP contribution in [0.5, 0.6) is 0 Å². The minimum Gasteiger partial charge on any atom is -0.460 e. The molecule has 0 radical (unpaired) electrons. The zero-order valence-electron chi connectivity index (χ0n) is 18.6. The van der Waals surface area contributed by atoms with E-state index in [0.29, 0.717) is 17.7 Å². The summed E-state index contributed by atoms with van der Waals surface area (Å²) in [4.78, 5) is 31.4. The Bertz CT molecular complexity index is 1050. The van der Waals surface area contributed by atoms with Crippen molar-refractivity contribution in [1.29, 1.82) is 0 Å². The summed E-state index contributed by atoms with van der Waals surface area (Å²) >= 11 is 0. The molecule has 1 heterocycles. The number of hydrogen-bond donors (Lipinski definition) is 0. The van der Waals surface area contributed by atoms with Gasteiger partial charge in [-0.25, -0.2) is 4.79 Å². The zero-order valence-corrected chi connectivity index (χ0v) is 18.6. The molecule has 1 aliphatic heterocycles. The zero-order chi connectivity index (χ0) is 22.1. The highest BCUT2D eigenvalue weighted by atomic mass is 16.5. The smallest absolute Gasteiger partial charge is 0.336 e. The fourth-order valence-electron chi connectivity index (χ4n) is 4.81. The number of ether oxygens (including phenoxy) is 1. The summed E-state index contributed by atoms with van der Waals surface area (Å²) in [5, 5.41) is 0. The van der Waals surface area contributed by atoms with Crippen LogP contribution in [0.4, 0.5) is 0 Å². The summed E-state index contributed by atoms with van der Waals surface area (Å²) in [5.74, 6) is -0.880. The number of aliphatic imine (C=N–C) groups is 1. The molecule has 4 nitrogen and oxygen atoms in total. The molecule has 1 unspecified atom stereocenters. The number of ketones is 1. The number of carbonyl (C=O) groups is 2. The van der Waals surface area contributed by atoms with Crippen molar-refractivity contribution in [2.24, 2.45) is 10.9 Å². The first-order chi connectivity index (χ1) is 14.8. The van der Waals surface area contributed by atoms with E-state index < -0.39 is 5.92 Å². The summed E-state index contributed by atoms with van der Waals surface area (Å²) in [7, 11) is 0. The number of aryl methyl sites for hydroxylation is 1. The van der Waals surface area contributed by atoms with E-state index in [4.69, 9.17) is 9.73 Å². The standard InChI is InChI=1S/C27H29NO3/c1-16(2)31-27(30)24-18(4)28-22-14-21(19-8-6-5-7-9-19)15-23(29)26(22)25(24)20-12-10-17(3)11-13-20/h5-13,16,21,25-26H,14-15H2,1-4H3/t21-,25-,26?/m0/s1. The Balaban J connectivity index is 1.79. The predicted octanol–water partition coefficient (Wildman–Crippen LogP) is 5.52. The van der Waals surface area contributed by atoms with Crippen LogP contribution in [-0.4, -0.2) is 23.6 Å². The van der Waals surface area contributed by atoms with Crippen LogP contribution in [-0.2, 0) is 14.3 Å². The number of hydrogen-bond acceptors (Lipinski definition) is 4. The minimum absolute atomic E-state index is 0.124. The van der Waals surface area contributed by atoms with Crippen molar-refractivity contribution < 1.29 is 14.3 Å². The Hall–Kier alpha value is -3.01. The number of benzene rings is 2. The normalized spacial score (nSPS) is 23.5. The molecule has 4 rings (SSSR count). The van der Waals surface area contributed by atoms with Gasteiger partial charge in [-0.15, -0.1) is 0 Å². The molecule has 0 amide bonds. The number of allylic oxidation sites excluding steroid dienone is 1. The van der Waals surface area contributed by atoms with Gasteiger partial charge in [0.15, 0.2) is 0 Å². The van der Waals surface area contributed by atoms with Crippen LogP contribution in [0.1, 0.15) is 62.1 Å². The Morgan fingerprint density at radius 2 is 1.61 bits per heavy atom. The number of esters is 1. The summed E-state index contributed by atoms with van der Waals surface area (Å²) in [6.45, 7) is 7.56. The summed E-state index contributed by atoms with van der Waals surface area (Å²) in [6.07, 6.45) is 0.954. The van der Waals surface area contributed by atoms with E-state index in [2.05, 4.69) is 12.1 Å². The molecule has 4 heteroatoms. The van der Waals surface area contributed by atoms with Gasteiger partial charge in [0.25, 0.3) is 0 Å². The van der Waals surface area contributed by atoms with Crippen molar-refractivity contribution in [3.8, 4) is 0 Å². The van der Waals surface area contributed by atoms with Gasteiger partial charge in [0.2, 0.25) is 0 Å². The van der Waals surface area contributed by atoms with Crippen LogP contribution in [0.3, 0.4) is 0 Å². The minimum atomic E-state index is -0.416. The van der Waals surface area contributed by atoms with Crippen molar-refractivity contribution in [2.75, 3.05) is 0 Å².